The van der Waals surface area contributed by atoms with Crippen LogP contribution in [0, 0.1) is 0 Å². The summed E-state index contributed by atoms with van der Waals surface area (Å²) in [6.07, 6.45) is 1.73. The van der Waals surface area contributed by atoms with Gasteiger partial charge in [0, 0.05) is 13.2 Å². The zero-order valence-electron chi connectivity index (χ0n) is 11.1. The summed E-state index contributed by atoms with van der Waals surface area (Å²) in [7, 11) is 1.54. The molecule has 1 aromatic carbocycles. The molecular weight excluding hydrogens is 246 g/mol. The molecule has 0 amide bonds. The van der Waals surface area contributed by atoms with Gasteiger partial charge in [-0.2, -0.15) is 0 Å². The number of aliphatic hydroxyl groups excluding tert-OH is 1. The number of hydrogen-bond donors (Lipinski definition) is 4. The SMILES string of the molecule is COc1ccc(CNCCCCO)cc1/C(N)=N/O. The van der Waals surface area contributed by atoms with Crippen molar-refractivity contribution in [3.63, 3.8) is 0 Å². The lowest BCUT2D eigenvalue weighted by atomic mass is 10.1. The van der Waals surface area contributed by atoms with Gasteiger partial charge in [0.15, 0.2) is 5.84 Å². The summed E-state index contributed by atoms with van der Waals surface area (Å²) in [6, 6.07) is 5.54. The molecule has 6 heteroatoms. The Morgan fingerprint density at radius 3 is 2.84 bits per heavy atom. The molecule has 19 heavy (non-hydrogen) atoms. The lowest BCUT2D eigenvalue weighted by molar-refractivity contribution is 0.283. The second kappa shape index (κ2) is 8.34. The Labute approximate surface area is 112 Å². The molecule has 0 saturated carbocycles. The van der Waals surface area contributed by atoms with E-state index in [-0.39, 0.29) is 12.4 Å². The summed E-state index contributed by atoms with van der Waals surface area (Å²) in [4.78, 5) is 0. The van der Waals surface area contributed by atoms with Crippen LogP contribution in [0.4, 0.5) is 0 Å². The molecule has 0 aliphatic rings. The largest absolute Gasteiger partial charge is 0.496 e. The van der Waals surface area contributed by atoms with Crippen molar-refractivity contribution >= 4 is 5.84 Å². The summed E-state index contributed by atoms with van der Waals surface area (Å²) in [5.41, 5.74) is 7.19. The van der Waals surface area contributed by atoms with E-state index in [0.717, 1.165) is 24.9 Å². The molecule has 0 aliphatic carbocycles. The number of benzene rings is 1. The highest BCUT2D eigenvalue weighted by molar-refractivity contribution is 5.99. The van der Waals surface area contributed by atoms with Gasteiger partial charge in [-0.3, -0.25) is 0 Å². The number of amidine groups is 1. The molecule has 1 aromatic rings. The first-order valence-electron chi connectivity index (χ1n) is 6.19. The van der Waals surface area contributed by atoms with E-state index in [1.807, 2.05) is 12.1 Å². The van der Waals surface area contributed by atoms with Gasteiger partial charge in [0.1, 0.15) is 5.75 Å². The first kappa shape index (κ1) is 15.3. The number of nitrogens with two attached hydrogens (primary N) is 1. The van der Waals surface area contributed by atoms with Crippen LogP contribution in [0.5, 0.6) is 5.75 Å². The van der Waals surface area contributed by atoms with Gasteiger partial charge in [0.25, 0.3) is 0 Å². The topological polar surface area (TPSA) is 100 Å². The lowest BCUT2D eigenvalue weighted by Gasteiger charge is -2.10. The Morgan fingerprint density at radius 2 is 2.21 bits per heavy atom. The van der Waals surface area contributed by atoms with Crippen molar-refractivity contribution in [1.82, 2.24) is 5.32 Å². The van der Waals surface area contributed by atoms with Gasteiger partial charge in [-0.25, -0.2) is 0 Å². The van der Waals surface area contributed by atoms with Crippen LogP contribution in [-0.2, 0) is 6.54 Å². The zero-order valence-corrected chi connectivity index (χ0v) is 11.1. The van der Waals surface area contributed by atoms with Gasteiger partial charge in [0.2, 0.25) is 0 Å². The van der Waals surface area contributed by atoms with Crippen molar-refractivity contribution in [2.75, 3.05) is 20.3 Å². The summed E-state index contributed by atoms with van der Waals surface area (Å²) < 4.78 is 5.16. The maximum absolute atomic E-state index is 8.74. The van der Waals surface area contributed by atoms with Gasteiger partial charge in [-0.1, -0.05) is 11.2 Å². The van der Waals surface area contributed by atoms with Crippen LogP contribution in [0.3, 0.4) is 0 Å². The predicted octanol–water partition coefficient (Wildman–Crippen LogP) is 0.652. The van der Waals surface area contributed by atoms with Gasteiger partial charge in [0.05, 0.1) is 12.7 Å². The zero-order chi connectivity index (χ0) is 14.1. The number of unbranched alkanes of at least 4 members (excludes halogenated alkanes) is 1. The minimum Gasteiger partial charge on any atom is -0.496 e. The molecule has 0 aromatic heterocycles. The van der Waals surface area contributed by atoms with Crippen LogP contribution in [0.2, 0.25) is 0 Å². The van der Waals surface area contributed by atoms with Crippen molar-refractivity contribution in [1.29, 1.82) is 0 Å². The molecule has 1 rings (SSSR count). The fourth-order valence-electron chi connectivity index (χ4n) is 1.71. The molecule has 106 valence electrons. The lowest BCUT2D eigenvalue weighted by Crippen LogP contribution is -2.17. The van der Waals surface area contributed by atoms with E-state index in [2.05, 4.69) is 10.5 Å². The molecule has 0 heterocycles. The molecule has 5 N–H and O–H groups in total. The second-order valence-corrected chi connectivity index (χ2v) is 4.13. The third-order valence-corrected chi connectivity index (χ3v) is 2.74. The van der Waals surface area contributed by atoms with Crippen molar-refractivity contribution in [2.45, 2.75) is 19.4 Å². The van der Waals surface area contributed by atoms with Gasteiger partial charge in [-0.15, -0.1) is 0 Å². The number of oxime groups is 1. The minimum absolute atomic E-state index is 0.0268. The third-order valence-electron chi connectivity index (χ3n) is 2.74. The van der Waals surface area contributed by atoms with E-state index < -0.39 is 0 Å². The number of nitrogens with one attached hydrogen (secondary N) is 1. The summed E-state index contributed by atoms with van der Waals surface area (Å²) >= 11 is 0. The molecule has 0 radical (unpaired) electrons. The Hall–Kier alpha value is -1.79. The van der Waals surface area contributed by atoms with Crippen LogP contribution in [-0.4, -0.2) is 36.4 Å². The van der Waals surface area contributed by atoms with Crippen LogP contribution < -0.4 is 15.8 Å². The van der Waals surface area contributed by atoms with Crippen LogP contribution >= 0.6 is 0 Å². The molecule has 0 saturated heterocycles. The molecule has 0 aliphatic heterocycles. The smallest absolute Gasteiger partial charge is 0.173 e. The van der Waals surface area contributed by atoms with Crippen LogP contribution in [0.15, 0.2) is 23.4 Å². The van der Waals surface area contributed by atoms with E-state index in [4.69, 9.17) is 20.8 Å². The quantitative estimate of drug-likeness (QED) is 0.182. The van der Waals surface area contributed by atoms with E-state index in [9.17, 15) is 0 Å². The highest BCUT2D eigenvalue weighted by Crippen LogP contribution is 2.19. The highest BCUT2D eigenvalue weighted by Gasteiger charge is 2.08. The van der Waals surface area contributed by atoms with E-state index in [1.165, 1.54) is 7.11 Å². The molecule has 0 spiro atoms. The van der Waals surface area contributed by atoms with E-state index >= 15 is 0 Å². The molecular formula is C13H21N3O3. The molecule has 0 bridgehead atoms. The fraction of sp³-hybridized carbons (Fsp3) is 0.462. The molecule has 0 fully saturated rings. The minimum atomic E-state index is 0.0268. The second-order valence-electron chi connectivity index (χ2n) is 4.13. The number of methoxy groups -OCH3 is 1. The Kier molecular flexibility index (Phi) is 6.70. The first-order valence-corrected chi connectivity index (χ1v) is 6.19. The maximum atomic E-state index is 8.74. The third kappa shape index (κ3) is 4.76. The number of hydrogen-bond acceptors (Lipinski definition) is 5. The summed E-state index contributed by atoms with van der Waals surface area (Å²) in [5, 5.41) is 23.7. The standard InChI is InChI=1S/C13H21N3O3/c1-19-12-5-4-10(8-11(12)13(14)16-18)9-15-6-2-3-7-17/h4-5,8,15,17-18H,2-3,6-7,9H2,1H3,(H2,14,16). The maximum Gasteiger partial charge on any atom is 0.173 e. The average Bonchev–Trinajstić information content (AvgIpc) is 2.46. The Balaban J connectivity index is 2.65. The molecule has 6 nitrogen and oxygen atoms in total. The van der Waals surface area contributed by atoms with Gasteiger partial charge >= 0.3 is 0 Å². The molecule has 0 atom stereocenters. The van der Waals surface area contributed by atoms with Crippen molar-refractivity contribution in [3.05, 3.63) is 29.3 Å². The highest BCUT2D eigenvalue weighted by atomic mass is 16.5. The molecule has 0 unspecified atom stereocenters. The fourth-order valence-corrected chi connectivity index (χ4v) is 1.71. The normalized spacial score (nSPS) is 11.6. The van der Waals surface area contributed by atoms with Crippen molar-refractivity contribution < 1.29 is 15.1 Å². The summed E-state index contributed by atoms with van der Waals surface area (Å²) in [6.45, 7) is 1.74. The van der Waals surface area contributed by atoms with Crippen LogP contribution in [0.25, 0.3) is 0 Å². The monoisotopic (exact) mass is 267 g/mol. The number of rotatable bonds is 8. The number of ether oxygens (including phenoxy) is 1. The van der Waals surface area contributed by atoms with Crippen LogP contribution in [0.1, 0.15) is 24.0 Å². The van der Waals surface area contributed by atoms with Gasteiger partial charge in [-0.05, 0) is 37.1 Å². The van der Waals surface area contributed by atoms with Crippen molar-refractivity contribution in [3.8, 4) is 5.75 Å². The summed E-state index contributed by atoms with van der Waals surface area (Å²) in [5.74, 6) is 0.596. The van der Waals surface area contributed by atoms with Gasteiger partial charge < -0.3 is 26.1 Å². The average molecular weight is 267 g/mol. The van der Waals surface area contributed by atoms with Crippen molar-refractivity contribution in [2.24, 2.45) is 10.9 Å². The van der Waals surface area contributed by atoms with E-state index in [0.29, 0.717) is 17.9 Å². The number of nitrogens with zero attached hydrogens (tertiary/aromatic N) is 1. The first-order chi connectivity index (χ1) is 9.22. The predicted molar refractivity (Wildman–Crippen MR) is 73.5 cm³/mol. The Bertz CT molecular complexity index is 422. The van der Waals surface area contributed by atoms with E-state index in [1.54, 1.807) is 6.07 Å². The Morgan fingerprint density at radius 1 is 1.42 bits per heavy atom. The number of aliphatic hydroxyl groups is 1.